The molecule has 14 heavy (non-hydrogen) atoms. The first kappa shape index (κ1) is 10.9. The highest BCUT2D eigenvalue weighted by molar-refractivity contribution is 7.12. The fourth-order valence-electron chi connectivity index (χ4n) is 0.823. The largest absolute Gasteiger partial charge is 0.496 e. The zero-order chi connectivity index (χ0) is 10.4. The molecule has 0 radical (unpaired) electrons. The Hall–Kier alpha value is -1.22. The monoisotopic (exact) mass is 211 g/mol. The molecule has 0 aliphatic carbocycles. The standard InChI is InChI=1S/C10H13NO2S/c1-3-8(5-11)6-13-10-4-9(12-2)7-14-10/h4,7H,1,5-6,11H2,2H3. The second-order valence-electron chi connectivity index (χ2n) is 2.58. The van der Waals surface area contributed by atoms with E-state index in [-0.39, 0.29) is 0 Å². The van der Waals surface area contributed by atoms with Crippen LogP contribution >= 0.6 is 11.3 Å². The molecule has 0 aliphatic heterocycles. The molecule has 1 heterocycles. The van der Waals surface area contributed by atoms with Gasteiger partial charge in [-0.05, 0) is 0 Å². The zero-order valence-corrected chi connectivity index (χ0v) is 8.89. The quantitative estimate of drug-likeness (QED) is 0.755. The van der Waals surface area contributed by atoms with Gasteiger partial charge >= 0.3 is 0 Å². The topological polar surface area (TPSA) is 44.5 Å². The summed E-state index contributed by atoms with van der Waals surface area (Å²) in [6, 6.07) is 1.84. The average molecular weight is 211 g/mol. The van der Waals surface area contributed by atoms with E-state index in [9.17, 15) is 0 Å². The molecule has 0 aromatic carbocycles. The Morgan fingerprint density at radius 2 is 2.50 bits per heavy atom. The van der Waals surface area contributed by atoms with Crippen molar-refractivity contribution < 1.29 is 9.47 Å². The molecular formula is C10H13NO2S. The van der Waals surface area contributed by atoms with Crippen molar-refractivity contribution in [2.45, 2.75) is 0 Å². The Morgan fingerprint density at radius 1 is 1.71 bits per heavy atom. The number of hydrogen-bond acceptors (Lipinski definition) is 4. The Morgan fingerprint density at radius 3 is 3.00 bits per heavy atom. The number of hydrogen-bond donors (Lipinski definition) is 1. The van der Waals surface area contributed by atoms with E-state index in [0.29, 0.717) is 13.2 Å². The van der Waals surface area contributed by atoms with E-state index in [1.54, 1.807) is 7.11 Å². The van der Waals surface area contributed by atoms with Crippen LogP contribution in [0.2, 0.25) is 0 Å². The van der Waals surface area contributed by atoms with Crippen molar-refractivity contribution in [3.05, 3.63) is 29.3 Å². The molecule has 4 heteroatoms. The van der Waals surface area contributed by atoms with Gasteiger partial charge in [-0.25, -0.2) is 0 Å². The van der Waals surface area contributed by atoms with E-state index in [2.05, 4.69) is 12.3 Å². The third-order valence-electron chi connectivity index (χ3n) is 1.67. The Labute approximate surface area is 87.4 Å². The van der Waals surface area contributed by atoms with Gasteiger partial charge in [0.25, 0.3) is 0 Å². The van der Waals surface area contributed by atoms with E-state index in [1.165, 1.54) is 11.3 Å². The molecule has 0 unspecified atom stereocenters. The van der Waals surface area contributed by atoms with Gasteiger partial charge in [0.2, 0.25) is 0 Å². The maximum atomic E-state index is 5.45. The third-order valence-corrected chi connectivity index (χ3v) is 2.49. The summed E-state index contributed by atoms with van der Waals surface area (Å²) in [5, 5.41) is 2.69. The second kappa shape index (κ2) is 5.50. The van der Waals surface area contributed by atoms with E-state index in [0.717, 1.165) is 16.4 Å². The van der Waals surface area contributed by atoms with Gasteiger partial charge in [0.05, 0.1) is 7.11 Å². The van der Waals surface area contributed by atoms with Gasteiger partial charge < -0.3 is 15.2 Å². The Balaban J connectivity index is 2.49. The fraction of sp³-hybridized carbons (Fsp3) is 0.300. The van der Waals surface area contributed by atoms with Gasteiger partial charge in [-0.2, -0.15) is 0 Å². The van der Waals surface area contributed by atoms with E-state index in [1.807, 2.05) is 11.4 Å². The smallest absolute Gasteiger partial charge is 0.178 e. The number of ether oxygens (including phenoxy) is 2. The molecule has 1 rings (SSSR count). The van der Waals surface area contributed by atoms with Crippen LogP contribution in [0.3, 0.4) is 0 Å². The summed E-state index contributed by atoms with van der Waals surface area (Å²) in [4.78, 5) is 0. The summed E-state index contributed by atoms with van der Waals surface area (Å²) in [7, 11) is 1.63. The molecule has 0 saturated heterocycles. The van der Waals surface area contributed by atoms with Crippen LogP contribution in [0.15, 0.2) is 29.3 Å². The molecule has 1 aromatic rings. The SMILES string of the molecule is C=C=C(CN)COc1cc(OC)cs1. The van der Waals surface area contributed by atoms with E-state index < -0.39 is 0 Å². The molecule has 0 bridgehead atoms. The lowest BCUT2D eigenvalue weighted by molar-refractivity contribution is 0.357. The molecule has 0 spiro atoms. The summed E-state index contributed by atoms with van der Waals surface area (Å²) in [6.45, 7) is 4.38. The van der Waals surface area contributed by atoms with Gasteiger partial charge in [-0.15, -0.1) is 17.1 Å². The van der Waals surface area contributed by atoms with Crippen LogP contribution in [-0.2, 0) is 0 Å². The van der Waals surface area contributed by atoms with Crippen molar-refractivity contribution in [2.24, 2.45) is 5.73 Å². The summed E-state index contributed by atoms with van der Waals surface area (Å²) in [5.41, 5.74) is 9.03. The first-order valence-corrected chi connectivity index (χ1v) is 5.01. The van der Waals surface area contributed by atoms with Crippen LogP contribution in [0, 0.1) is 0 Å². The Bertz CT molecular complexity index is 340. The molecule has 3 nitrogen and oxygen atoms in total. The van der Waals surface area contributed by atoms with Crippen LogP contribution < -0.4 is 15.2 Å². The van der Waals surface area contributed by atoms with Crippen LogP contribution in [-0.4, -0.2) is 20.3 Å². The lowest BCUT2D eigenvalue weighted by Crippen LogP contribution is -2.09. The first-order valence-electron chi connectivity index (χ1n) is 4.13. The summed E-state index contributed by atoms with van der Waals surface area (Å²) >= 11 is 1.49. The molecule has 0 atom stereocenters. The highest BCUT2D eigenvalue weighted by atomic mass is 32.1. The molecule has 0 amide bonds. The normalized spacial score (nSPS) is 9.29. The predicted octanol–water partition coefficient (Wildman–Crippen LogP) is 1.81. The minimum absolute atomic E-state index is 0.423. The van der Waals surface area contributed by atoms with Gasteiger partial charge in [-0.1, -0.05) is 6.58 Å². The molecular weight excluding hydrogens is 198 g/mol. The third kappa shape index (κ3) is 2.92. The molecule has 0 fully saturated rings. The molecule has 0 saturated carbocycles. The van der Waals surface area contributed by atoms with Crippen LogP contribution in [0.1, 0.15) is 0 Å². The highest BCUT2D eigenvalue weighted by Crippen LogP contribution is 2.28. The van der Waals surface area contributed by atoms with Crippen molar-refractivity contribution in [2.75, 3.05) is 20.3 Å². The van der Waals surface area contributed by atoms with E-state index in [4.69, 9.17) is 15.2 Å². The molecule has 0 aliphatic rings. The summed E-state index contributed by atoms with van der Waals surface area (Å²) < 4.78 is 10.5. The lowest BCUT2D eigenvalue weighted by Gasteiger charge is -2.02. The maximum Gasteiger partial charge on any atom is 0.178 e. The minimum atomic E-state index is 0.423. The average Bonchev–Trinajstić information content (AvgIpc) is 2.67. The number of thiophene rings is 1. The number of nitrogens with two attached hydrogens (primary N) is 1. The lowest BCUT2D eigenvalue weighted by atomic mass is 10.3. The number of methoxy groups -OCH3 is 1. The maximum absolute atomic E-state index is 5.45. The number of rotatable bonds is 5. The second-order valence-corrected chi connectivity index (χ2v) is 3.45. The molecule has 2 N–H and O–H groups in total. The van der Waals surface area contributed by atoms with Crippen molar-refractivity contribution >= 4 is 11.3 Å². The highest BCUT2D eigenvalue weighted by Gasteiger charge is 2.01. The van der Waals surface area contributed by atoms with Crippen molar-refractivity contribution in [1.82, 2.24) is 0 Å². The predicted molar refractivity (Wildman–Crippen MR) is 58.1 cm³/mol. The first-order chi connectivity index (χ1) is 6.80. The van der Waals surface area contributed by atoms with Crippen molar-refractivity contribution in [3.63, 3.8) is 0 Å². The van der Waals surface area contributed by atoms with Crippen LogP contribution in [0.25, 0.3) is 0 Å². The van der Waals surface area contributed by atoms with Crippen LogP contribution in [0.5, 0.6) is 10.8 Å². The van der Waals surface area contributed by atoms with Gasteiger partial charge in [0, 0.05) is 23.6 Å². The minimum Gasteiger partial charge on any atom is -0.496 e. The van der Waals surface area contributed by atoms with Gasteiger partial charge in [-0.3, -0.25) is 0 Å². The zero-order valence-electron chi connectivity index (χ0n) is 8.08. The fourth-order valence-corrected chi connectivity index (χ4v) is 1.53. The molecule has 76 valence electrons. The van der Waals surface area contributed by atoms with Gasteiger partial charge in [0.15, 0.2) is 5.06 Å². The van der Waals surface area contributed by atoms with Crippen LogP contribution in [0.4, 0.5) is 0 Å². The van der Waals surface area contributed by atoms with Crippen molar-refractivity contribution in [1.29, 1.82) is 0 Å². The van der Waals surface area contributed by atoms with Crippen molar-refractivity contribution in [3.8, 4) is 10.8 Å². The van der Waals surface area contributed by atoms with E-state index >= 15 is 0 Å². The summed E-state index contributed by atoms with van der Waals surface area (Å²) in [6.07, 6.45) is 0. The Kier molecular flexibility index (Phi) is 4.26. The summed E-state index contributed by atoms with van der Waals surface area (Å²) in [5.74, 6) is 0.807. The molecule has 1 aromatic heterocycles. The van der Waals surface area contributed by atoms with Gasteiger partial charge in [0.1, 0.15) is 12.4 Å².